The van der Waals surface area contributed by atoms with Crippen molar-refractivity contribution in [3.8, 4) is 0 Å². The molecule has 6 heteroatoms. The second kappa shape index (κ2) is 3.58. The van der Waals surface area contributed by atoms with E-state index in [2.05, 4.69) is 0 Å². The van der Waals surface area contributed by atoms with Crippen LogP contribution in [-0.4, -0.2) is 10.4 Å². The van der Waals surface area contributed by atoms with E-state index in [0.29, 0.717) is 5.56 Å². The van der Waals surface area contributed by atoms with Gasteiger partial charge in [-0.3, -0.25) is 10.4 Å². The van der Waals surface area contributed by atoms with Gasteiger partial charge in [-0.2, -0.15) is 0 Å². The van der Waals surface area contributed by atoms with Crippen molar-refractivity contribution in [3.05, 3.63) is 34.2 Å². The summed E-state index contributed by atoms with van der Waals surface area (Å²) in [5, 5.41) is 37.2. The van der Waals surface area contributed by atoms with Gasteiger partial charge in [0.1, 0.15) is 0 Å². The average Bonchev–Trinajstić information content (AvgIpc) is 2.04. The van der Waals surface area contributed by atoms with E-state index < -0.39 is 5.23 Å². The maximum absolute atomic E-state index is 10.3. The van der Waals surface area contributed by atoms with E-state index >= 15 is 0 Å². The lowest BCUT2D eigenvalue weighted by atomic mass is 10.2. The van der Waals surface area contributed by atoms with E-state index in [4.69, 9.17) is 10.4 Å². The number of anilines is 2. The van der Waals surface area contributed by atoms with Crippen molar-refractivity contribution < 1.29 is 10.4 Å². The van der Waals surface area contributed by atoms with Crippen LogP contribution in [0.25, 0.3) is 0 Å². The second-order valence-electron chi connectivity index (χ2n) is 2.52. The lowest BCUT2D eigenvalue weighted by Crippen LogP contribution is -2.13. The van der Waals surface area contributed by atoms with Crippen molar-refractivity contribution in [1.29, 1.82) is 0 Å². The van der Waals surface area contributed by atoms with E-state index in [1.165, 1.54) is 12.1 Å². The van der Waals surface area contributed by atoms with Crippen molar-refractivity contribution in [1.82, 2.24) is 0 Å². The van der Waals surface area contributed by atoms with Crippen molar-refractivity contribution >= 4 is 11.4 Å². The number of aryl methyl sites for hydroxylation is 1. The summed E-state index contributed by atoms with van der Waals surface area (Å²) < 4.78 is 0. The number of nitrogens with zero attached hydrogens (tertiary/aromatic N) is 2. The normalized spacial score (nSPS) is 9.92. The molecule has 13 heavy (non-hydrogen) atoms. The minimum absolute atomic E-state index is 0.00537. The van der Waals surface area contributed by atoms with Gasteiger partial charge in [0, 0.05) is 5.69 Å². The Hall–Kier alpha value is -1.34. The van der Waals surface area contributed by atoms with Crippen LogP contribution < -0.4 is 10.5 Å². The summed E-state index contributed by atoms with van der Waals surface area (Å²) in [6.07, 6.45) is 0. The van der Waals surface area contributed by atoms with Crippen molar-refractivity contribution in [2.75, 3.05) is 10.5 Å². The summed E-state index contributed by atoms with van der Waals surface area (Å²) in [7, 11) is 0. The Balaban J connectivity index is 3.11. The fourth-order valence-electron chi connectivity index (χ4n) is 0.927. The fourth-order valence-corrected chi connectivity index (χ4v) is 0.927. The summed E-state index contributed by atoms with van der Waals surface area (Å²) in [4.78, 5) is 0. The molecule has 0 aliphatic heterocycles. The third kappa shape index (κ3) is 2.07. The first-order valence-electron chi connectivity index (χ1n) is 3.45. The van der Waals surface area contributed by atoms with Crippen LogP contribution in [0.1, 0.15) is 5.56 Å². The van der Waals surface area contributed by atoms with Gasteiger partial charge in [-0.1, -0.05) is 6.07 Å². The summed E-state index contributed by atoms with van der Waals surface area (Å²) >= 11 is 0. The summed E-state index contributed by atoms with van der Waals surface area (Å²) in [6, 6.07) is 3.81. The minimum atomic E-state index is -0.605. The first-order chi connectivity index (χ1) is 6.02. The molecule has 0 amide bonds. The van der Waals surface area contributed by atoms with Gasteiger partial charge in [0.05, 0.1) is 5.69 Å². The molecular weight excluding hydrogens is 176 g/mol. The van der Waals surface area contributed by atoms with E-state index in [0.717, 1.165) is 6.07 Å². The quantitative estimate of drug-likeness (QED) is 0.674. The molecule has 0 spiro atoms. The van der Waals surface area contributed by atoms with Crippen LogP contribution in [0.3, 0.4) is 0 Å². The van der Waals surface area contributed by atoms with Gasteiger partial charge in [0.15, 0.2) is 0 Å². The number of benzene rings is 1. The Labute approximate surface area is 74.3 Å². The van der Waals surface area contributed by atoms with Crippen LogP contribution in [0, 0.1) is 17.3 Å². The van der Waals surface area contributed by atoms with Crippen LogP contribution in [0.4, 0.5) is 11.4 Å². The summed E-state index contributed by atoms with van der Waals surface area (Å²) in [5.74, 6) is 0. The van der Waals surface area contributed by atoms with Gasteiger partial charge in [0.2, 0.25) is 0 Å². The van der Waals surface area contributed by atoms with Crippen LogP contribution in [0.2, 0.25) is 0 Å². The van der Waals surface area contributed by atoms with Crippen LogP contribution in [-0.2, 0) is 0 Å². The van der Waals surface area contributed by atoms with Crippen molar-refractivity contribution in [2.24, 2.45) is 0 Å². The van der Waals surface area contributed by atoms with Crippen molar-refractivity contribution in [3.63, 3.8) is 0 Å². The highest BCUT2D eigenvalue weighted by Gasteiger charge is 2.03. The maximum atomic E-state index is 10.3. The Morgan fingerprint density at radius 3 is 2.31 bits per heavy atom. The van der Waals surface area contributed by atoms with Gasteiger partial charge in [0.25, 0.3) is 0 Å². The van der Waals surface area contributed by atoms with Gasteiger partial charge < -0.3 is 15.6 Å². The molecule has 0 aliphatic carbocycles. The topological polar surface area (TPSA) is 93.1 Å². The first kappa shape index (κ1) is 9.75. The molecule has 0 saturated heterocycles. The van der Waals surface area contributed by atoms with E-state index in [1.807, 2.05) is 0 Å². The van der Waals surface area contributed by atoms with Crippen LogP contribution in [0.15, 0.2) is 18.2 Å². The van der Waals surface area contributed by atoms with Crippen molar-refractivity contribution in [2.45, 2.75) is 6.92 Å². The summed E-state index contributed by atoms with van der Waals surface area (Å²) in [6.45, 7) is 1.61. The van der Waals surface area contributed by atoms with Crippen LogP contribution >= 0.6 is 0 Å². The Morgan fingerprint density at radius 1 is 1.23 bits per heavy atom. The number of rotatable bonds is 2. The number of hydrogen-bond donors (Lipinski definition) is 2. The molecule has 72 valence electrons. The zero-order valence-corrected chi connectivity index (χ0v) is 6.84. The van der Waals surface area contributed by atoms with Gasteiger partial charge in [-0.25, -0.2) is 0 Å². The first-order valence-corrected chi connectivity index (χ1v) is 3.45. The third-order valence-corrected chi connectivity index (χ3v) is 1.62. The number of hydrogen-bond acceptors (Lipinski definition) is 6. The molecule has 0 bridgehead atoms. The molecule has 0 aromatic heterocycles. The molecular formula is C7H8N2O4-2. The molecule has 0 unspecified atom stereocenters. The molecule has 2 N–H and O–H groups in total. The zero-order chi connectivity index (χ0) is 10.0. The largest absolute Gasteiger partial charge is 0.769 e. The van der Waals surface area contributed by atoms with Gasteiger partial charge in [-0.15, -0.1) is 5.23 Å². The predicted molar refractivity (Wildman–Crippen MR) is 46.4 cm³/mol. The second-order valence-corrected chi connectivity index (χ2v) is 2.52. The highest BCUT2D eigenvalue weighted by atomic mass is 16.8. The Morgan fingerprint density at radius 2 is 1.85 bits per heavy atom. The fraction of sp³-hybridized carbons (Fsp3) is 0.143. The lowest BCUT2D eigenvalue weighted by molar-refractivity contribution is 0.0288. The molecule has 0 saturated carbocycles. The highest BCUT2D eigenvalue weighted by Crippen LogP contribution is 2.23. The summed E-state index contributed by atoms with van der Waals surface area (Å²) in [5.41, 5.74) is 0.346. The zero-order valence-electron chi connectivity index (χ0n) is 6.84. The molecule has 1 rings (SSSR count). The Kier molecular flexibility index (Phi) is 2.69. The molecule has 0 aliphatic rings. The van der Waals surface area contributed by atoms with Gasteiger partial charge in [-0.05, 0) is 24.6 Å². The molecule has 0 radical (unpaired) electrons. The van der Waals surface area contributed by atoms with E-state index in [-0.39, 0.29) is 16.6 Å². The van der Waals surface area contributed by atoms with Gasteiger partial charge >= 0.3 is 0 Å². The van der Waals surface area contributed by atoms with E-state index in [1.54, 1.807) is 6.92 Å². The molecule has 0 heterocycles. The SMILES string of the molecule is Cc1ccc(N([O-])[O-])cc1N(O)O. The predicted octanol–water partition coefficient (Wildman–Crippen LogP) is 1.38. The smallest absolute Gasteiger partial charge is 0.0991 e. The molecule has 0 atom stereocenters. The molecule has 6 nitrogen and oxygen atoms in total. The molecule has 0 fully saturated rings. The van der Waals surface area contributed by atoms with E-state index in [9.17, 15) is 10.4 Å². The highest BCUT2D eigenvalue weighted by molar-refractivity contribution is 5.61. The lowest BCUT2D eigenvalue weighted by Gasteiger charge is -2.37. The maximum Gasteiger partial charge on any atom is 0.0991 e. The molecule has 1 aromatic rings. The average molecular weight is 184 g/mol. The third-order valence-electron chi connectivity index (χ3n) is 1.62. The monoisotopic (exact) mass is 184 g/mol. The molecule has 1 aromatic carbocycles. The van der Waals surface area contributed by atoms with Crippen LogP contribution in [0.5, 0.6) is 0 Å². The Bertz CT molecular complexity index is 301. The minimum Gasteiger partial charge on any atom is -0.769 e. The standard InChI is InChI=1S/C7H8N2O4/c1-5-2-3-6(8(10)11)4-7(5)9(12)13/h2-4,12-13H,1H3/q-2.